The molecule has 0 saturated heterocycles. The molecule has 0 spiro atoms. The van der Waals surface area contributed by atoms with Crippen molar-refractivity contribution in [2.24, 2.45) is 0 Å². The summed E-state index contributed by atoms with van der Waals surface area (Å²) in [6, 6.07) is 0. The van der Waals surface area contributed by atoms with Gasteiger partial charge in [-0.1, -0.05) is 25.7 Å². The van der Waals surface area contributed by atoms with E-state index in [1.807, 2.05) is 0 Å². The molecule has 0 aliphatic heterocycles. The van der Waals surface area contributed by atoms with Crippen LogP contribution < -0.4 is 0 Å². The summed E-state index contributed by atoms with van der Waals surface area (Å²) in [4.78, 5) is 0. The van der Waals surface area contributed by atoms with Gasteiger partial charge in [0.15, 0.2) is 29.5 Å². The number of rotatable bonds is 12. The average Bonchev–Trinajstić information content (AvgIpc) is 2.37. The molecule has 0 saturated carbocycles. The van der Waals surface area contributed by atoms with E-state index in [1.54, 1.807) is 0 Å². The van der Waals surface area contributed by atoms with Crippen LogP contribution in [0.4, 0.5) is 13.2 Å². The zero-order valence-electron chi connectivity index (χ0n) is 16.0. The maximum absolute atomic E-state index is 12.2. The van der Waals surface area contributed by atoms with Crippen molar-refractivity contribution in [3.05, 3.63) is 0 Å². The minimum absolute atomic E-state index is 0.0758. The Bertz CT molecular complexity index is 900. The number of alkyl halides is 3. The molecule has 0 aromatic carbocycles. The van der Waals surface area contributed by atoms with Crippen molar-refractivity contribution in [1.82, 2.24) is 0 Å². The third-order valence-corrected chi connectivity index (χ3v) is 14.8. The maximum Gasteiger partial charge on any atom is 0.389 e. The standard InChI is InChI=1S/C13H25F3O9S4/c1-26(17,18)11(9-7-5-4-6-8-10-12(14,15)16)13(27(2,19)20,28(3,21)22)29(23,24)25/h11H,4-10H2,1-3H3,(H,23,24,25)/p-1. The fourth-order valence-electron chi connectivity index (χ4n) is 3.12. The van der Waals surface area contributed by atoms with Gasteiger partial charge in [0, 0.05) is 25.2 Å². The van der Waals surface area contributed by atoms with Crippen molar-refractivity contribution in [3.63, 3.8) is 0 Å². The Morgan fingerprint density at radius 2 is 1.10 bits per heavy atom. The lowest BCUT2D eigenvalue weighted by molar-refractivity contribution is -0.135. The normalized spacial score (nSPS) is 16.0. The van der Waals surface area contributed by atoms with Gasteiger partial charge in [0.25, 0.3) is 3.41 Å². The van der Waals surface area contributed by atoms with E-state index in [0.717, 1.165) is 0 Å². The van der Waals surface area contributed by atoms with Crippen LogP contribution in [0.15, 0.2) is 0 Å². The fraction of sp³-hybridized carbons (Fsp3) is 1.00. The lowest BCUT2D eigenvalue weighted by Crippen LogP contribution is -2.62. The first-order valence-corrected chi connectivity index (χ1v) is 15.3. The Hall–Kier alpha value is -0.450. The second kappa shape index (κ2) is 9.36. The Morgan fingerprint density at radius 3 is 1.41 bits per heavy atom. The highest BCUT2D eigenvalue weighted by Crippen LogP contribution is 2.39. The summed E-state index contributed by atoms with van der Waals surface area (Å²) < 4.78 is 140. The Balaban J connectivity index is 5.81. The summed E-state index contributed by atoms with van der Waals surface area (Å²) in [6.45, 7) is 0. The van der Waals surface area contributed by atoms with Crippen LogP contribution in [0.2, 0.25) is 0 Å². The molecule has 0 heterocycles. The molecule has 0 rings (SSSR count). The van der Waals surface area contributed by atoms with Crippen molar-refractivity contribution in [1.29, 1.82) is 0 Å². The minimum Gasteiger partial charge on any atom is -0.746 e. The molecule has 0 fully saturated rings. The molecule has 1 atom stereocenters. The van der Waals surface area contributed by atoms with Crippen LogP contribution >= 0.6 is 0 Å². The van der Waals surface area contributed by atoms with E-state index < -0.39 is 67.3 Å². The Kier molecular flexibility index (Phi) is 9.21. The van der Waals surface area contributed by atoms with Crippen molar-refractivity contribution in [3.8, 4) is 0 Å². The highest BCUT2D eigenvalue weighted by molar-refractivity contribution is 8.25. The molecule has 176 valence electrons. The Morgan fingerprint density at radius 1 is 0.724 bits per heavy atom. The van der Waals surface area contributed by atoms with Gasteiger partial charge < -0.3 is 4.55 Å². The smallest absolute Gasteiger partial charge is 0.389 e. The highest BCUT2D eigenvalue weighted by Gasteiger charge is 2.65. The van der Waals surface area contributed by atoms with Crippen molar-refractivity contribution >= 4 is 39.6 Å². The summed E-state index contributed by atoms with van der Waals surface area (Å²) in [5.74, 6) is 0. The first kappa shape index (κ1) is 28.5. The van der Waals surface area contributed by atoms with Gasteiger partial charge in [0.05, 0.1) is 0 Å². The van der Waals surface area contributed by atoms with E-state index >= 15 is 0 Å². The Labute approximate surface area is 169 Å². The molecule has 0 amide bonds. The molecule has 0 aliphatic rings. The van der Waals surface area contributed by atoms with Gasteiger partial charge in [-0.2, -0.15) is 13.2 Å². The predicted molar refractivity (Wildman–Crippen MR) is 99.1 cm³/mol. The number of halogens is 3. The van der Waals surface area contributed by atoms with Crippen molar-refractivity contribution < 1.29 is 51.4 Å². The first-order chi connectivity index (χ1) is 12.6. The van der Waals surface area contributed by atoms with Gasteiger partial charge in [0.1, 0.15) is 15.4 Å². The summed E-state index contributed by atoms with van der Waals surface area (Å²) in [6.07, 6.45) is -5.45. The number of hydrogen-bond donors (Lipinski definition) is 0. The van der Waals surface area contributed by atoms with Crippen molar-refractivity contribution in [2.75, 3.05) is 18.8 Å². The van der Waals surface area contributed by atoms with Gasteiger partial charge in [-0.25, -0.2) is 33.7 Å². The van der Waals surface area contributed by atoms with Crippen LogP contribution in [0.25, 0.3) is 0 Å². The number of unbranched alkanes of at least 4 members (excludes halogenated alkanes) is 4. The predicted octanol–water partition coefficient (Wildman–Crippen LogP) is 0.981. The SMILES string of the molecule is CS(=O)(=O)C(CCCCCCCC(F)(F)F)C(S(C)(=O)=O)(S(C)(=O)=O)S(=O)(=O)[O-]. The summed E-state index contributed by atoms with van der Waals surface area (Å²) in [5, 5.41) is -2.59. The summed E-state index contributed by atoms with van der Waals surface area (Å²) in [7, 11) is -21.5. The van der Waals surface area contributed by atoms with E-state index in [9.17, 15) is 51.4 Å². The van der Waals surface area contributed by atoms with Crippen LogP contribution in [0, 0.1) is 0 Å². The molecule has 0 aromatic heterocycles. The number of hydrogen-bond acceptors (Lipinski definition) is 9. The second-order valence-corrected chi connectivity index (χ2v) is 15.8. The van der Waals surface area contributed by atoms with E-state index in [2.05, 4.69) is 0 Å². The van der Waals surface area contributed by atoms with E-state index in [0.29, 0.717) is 6.26 Å². The first-order valence-electron chi connectivity index (χ1n) is 8.19. The fourth-order valence-corrected chi connectivity index (χ4v) is 14.0. The number of sulfone groups is 3. The van der Waals surface area contributed by atoms with Crippen LogP contribution in [-0.2, 0) is 39.6 Å². The largest absolute Gasteiger partial charge is 0.746 e. The van der Waals surface area contributed by atoms with Crippen LogP contribution in [-0.4, -0.2) is 71.8 Å². The third-order valence-electron chi connectivity index (χ3n) is 4.22. The molecule has 0 aliphatic carbocycles. The van der Waals surface area contributed by atoms with Crippen LogP contribution in [0.3, 0.4) is 0 Å². The maximum atomic E-state index is 12.2. The summed E-state index contributed by atoms with van der Waals surface area (Å²) >= 11 is 0. The third kappa shape index (κ3) is 7.33. The topological polar surface area (TPSA) is 160 Å². The molecule has 0 bridgehead atoms. The van der Waals surface area contributed by atoms with Gasteiger partial charge in [-0.3, -0.25) is 0 Å². The lowest BCUT2D eigenvalue weighted by atomic mass is 10.1. The van der Waals surface area contributed by atoms with Gasteiger partial charge in [-0.05, 0) is 12.8 Å². The van der Waals surface area contributed by atoms with Gasteiger partial charge in [-0.15, -0.1) is 0 Å². The average molecular weight is 510 g/mol. The minimum atomic E-state index is -6.22. The molecule has 16 heteroatoms. The monoisotopic (exact) mass is 509 g/mol. The summed E-state index contributed by atoms with van der Waals surface area (Å²) in [5.41, 5.74) is 0. The van der Waals surface area contributed by atoms with Gasteiger partial charge >= 0.3 is 6.18 Å². The van der Waals surface area contributed by atoms with Crippen LogP contribution in [0.1, 0.15) is 44.9 Å². The van der Waals surface area contributed by atoms with E-state index in [-0.39, 0.29) is 44.6 Å². The molecule has 1 unspecified atom stereocenters. The van der Waals surface area contributed by atoms with E-state index in [4.69, 9.17) is 0 Å². The molecule has 0 N–H and O–H groups in total. The zero-order chi connectivity index (χ0) is 23.5. The molecule has 0 aromatic rings. The van der Waals surface area contributed by atoms with Crippen molar-refractivity contribution in [2.45, 2.75) is 59.8 Å². The van der Waals surface area contributed by atoms with Crippen LogP contribution in [0.5, 0.6) is 0 Å². The van der Waals surface area contributed by atoms with E-state index in [1.165, 1.54) is 0 Å². The highest BCUT2D eigenvalue weighted by atomic mass is 32.3. The second-order valence-electron chi connectivity index (χ2n) is 6.84. The molecule has 0 radical (unpaired) electrons. The molecule has 29 heavy (non-hydrogen) atoms. The molecular formula is C13H24F3O9S4-. The molecular weight excluding hydrogens is 485 g/mol. The van der Waals surface area contributed by atoms with Gasteiger partial charge in [0.2, 0.25) is 0 Å². The molecule has 9 nitrogen and oxygen atoms in total. The zero-order valence-corrected chi connectivity index (χ0v) is 19.2. The lowest BCUT2D eigenvalue weighted by Gasteiger charge is -2.37. The quantitative estimate of drug-likeness (QED) is 0.276.